The zero-order chi connectivity index (χ0) is 15.2. The number of aryl methyl sites for hydroxylation is 1. The van der Waals surface area contributed by atoms with Crippen LogP contribution in [0.3, 0.4) is 0 Å². The molecule has 2 aromatic rings. The Morgan fingerprint density at radius 2 is 1.95 bits per heavy atom. The number of nitrogens with one attached hydrogen (secondary N) is 1. The molecule has 0 radical (unpaired) electrons. The van der Waals surface area contributed by atoms with Gasteiger partial charge in [-0.15, -0.1) is 0 Å². The molecule has 21 heavy (non-hydrogen) atoms. The van der Waals surface area contributed by atoms with Gasteiger partial charge in [0.2, 0.25) is 0 Å². The Hall–Kier alpha value is -1.28. The van der Waals surface area contributed by atoms with E-state index in [1.165, 1.54) is 34.9 Å². The minimum Gasteiger partial charge on any atom is -0.459 e. The minimum atomic E-state index is 0.179. The third kappa shape index (κ3) is 2.74. The first-order chi connectivity index (χ1) is 9.91. The van der Waals surface area contributed by atoms with Crippen molar-refractivity contribution in [2.45, 2.75) is 65.3 Å². The van der Waals surface area contributed by atoms with Gasteiger partial charge in [0.15, 0.2) is 0 Å². The highest BCUT2D eigenvalue weighted by molar-refractivity contribution is 5.87. The molecule has 0 aliphatic heterocycles. The normalized spacial score (nSPS) is 15.9. The lowest BCUT2D eigenvalue weighted by atomic mass is 9.85. The Kier molecular flexibility index (Phi) is 3.61. The van der Waals surface area contributed by atoms with Crippen molar-refractivity contribution in [2.24, 2.45) is 0 Å². The van der Waals surface area contributed by atoms with Crippen LogP contribution < -0.4 is 5.32 Å². The summed E-state index contributed by atoms with van der Waals surface area (Å²) in [5.41, 5.74) is 5.42. The number of furan rings is 1. The molecule has 2 nitrogen and oxygen atoms in total. The maximum atomic E-state index is 6.24. The Balaban J connectivity index is 2.18. The first-order valence-electron chi connectivity index (χ1n) is 8.19. The van der Waals surface area contributed by atoms with Crippen LogP contribution in [-0.2, 0) is 12.0 Å². The number of benzene rings is 1. The summed E-state index contributed by atoms with van der Waals surface area (Å²) in [6.07, 6.45) is 2.62. The predicted molar refractivity (Wildman–Crippen MR) is 89.0 cm³/mol. The van der Waals surface area contributed by atoms with Crippen molar-refractivity contribution in [3.8, 4) is 0 Å². The average molecular weight is 285 g/mol. The van der Waals surface area contributed by atoms with Gasteiger partial charge >= 0.3 is 0 Å². The van der Waals surface area contributed by atoms with Gasteiger partial charge in [0.05, 0.1) is 6.54 Å². The molecule has 1 fully saturated rings. The van der Waals surface area contributed by atoms with Crippen molar-refractivity contribution in [3.05, 3.63) is 34.6 Å². The van der Waals surface area contributed by atoms with E-state index in [1.807, 2.05) is 0 Å². The van der Waals surface area contributed by atoms with Gasteiger partial charge in [-0.25, -0.2) is 0 Å². The van der Waals surface area contributed by atoms with E-state index in [9.17, 15) is 0 Å². The average Bonchev–Trinajstić information content (AvgIpc) is 3.16. The van der Waals surface area contributed by atoms with Crippen molar-refractivity contribution >= 4 is 11.0 Å². The van der Waals surface area contributed by atoms with Crippen LogP contribution in [-0.4, -0.2) is 6.54 Å². The highest BCUT2D eigenvalue weighted by atomic mass is 16.3. The molecule has 114 valence electrons. The fraction of sp³-hybridized carbons (Fsp3) is 0.579. The Morgan fingerprint density at radius 3 is 2.52 bits per heavy atom. The van der Waals surface area contributed by atoms with Crippen LogP contribution in [0.25, 0.3) is 11.0 Å². The van der Waals surface area contributed by atoms with E-state index in [0.29, 0.717) is 0 Å². The standard InChI is InChI=1S/C19H27NO/c1-6-20-11-16-17(13-7-8-13)15-10-14(19(3,4)5)9-12(2)18(15)21-16/h9-10,13,20H,6-8,11H2,1-5H3. The Morgan fingerprint density at radius 1 is 1.24 bits per heavy atom. The molecule has 1 aliphatic carbocycles. The van der Waals surface area contributed by atoms with Crippen molar-refractivity contribution < 1.29 is 4.42 Å². The number of fused-ring (bicyclic) bond motifs is 1. The summed E-state index contributed by atoms with van der Waals surface area (Å²) in [5.74, 6) is 1.87. The summed E-state index contributed by atoms with van der Waals surface area (Å²) in [5, 5.41) is 4.78. The first kappa shape index (κ1) is 14.6. The highest BCUT2D eigenvalue weighted by Gasteiger charge is 2.31. The van der Waals surface area contributed by atoms with Crippen LogP contribution in [0.1, 0.15) is 68.9 Å². The summed E-state index contributed by atoms with van der Waals surface area (Å²) in [6, 6.07) is 4.66. The Labute approximate surface area is 127 Å². The maximum Gasteiger partial charge on any atom is 0.137 e. The van der Waals surface area contributed by atoms with E-state index in [0.717, 1.165) is 30.4 Å². The third-order valence-corrected chi connectivity index (χ3v) is 4.48. The molecule has 0 spiro atoms. The molecule has 0 saturated heterocycles. The molecule has 1 saturated carbocycles. The molecule has 0 bridgehead atoms. The fourth-order valence-electron chi connectivity index (χ4n) is 3.06. The predicted octanol–water partition coefficient (Wildman–Crippen LogP) is 5.03. The molecule has 1 aromatic carbocycles. The van der Waals surface area contributed by atoms with Gasteiger partial charge in [-0.2, -0.15) is 0 Å². The second kappa shape index (κ2) is 5.17. The topological polar surface area (TPSA) is 25.2 Å². The van der Waals surface area contributed by atoms with Crippen LogP contribution in [0.2, 0.25) is 0 Å². The van der Waals surface area contributed by atoms with Crippen molar-refractivity contribution in [2.75, 3.05) is 6.54 Å². The van der Waals surface area contributed by atoms with Gasteiger partial charge < -0.3 is 9.73 Å². The second-order valence-electron chi connectivity index (χ2n) is 7.41. The largest absolute Gasteiger partial charge is 0.459 e. The van der Waals surface area contributed by atoms with Gasteiger partial charge in [0, 0.05) is 10.9 Å². The first-order valence-corrected chi connectivity index (χ1v) is 8.19. The lowest BCUT2D eigenvalue weighted by Gasteiger charge is -2.20. The van der Waals surface area contributed by atoms with E-state index in [-0.39, 0.29) is 5.41 Å². The van der Waals surface area contributed by atoms with E-state index in [4.69, 9.17) is 4.42 Å². The lowest BCUT2D eigenvalue weighted by molar-refractivity contribution is 0.512. The molecular formula is C19H27NO. The van der Waals surface area contributed by atoms with Crippen molar-refractivity contribution in [1.82, 2.24) is 5.32 Å². The smallest absolute Gasteiger partial charge is 0.137 e. The SMILES string of the molecule is CCNCc1oc2c(C)cc(C(C)(C)C)cc2c1C1CC1. The summed E-state index contributed by atoms with van der Waals surface area (Å²) in [6.45, 7) is 13.0. The summed E-state index contributed by atoms with van der Waals surface area (Å²) < 4.78 is 6.24. The Bertz CT molecular complexity index is 656. The van der Waals surface area contributed by atoms with Crippen molar-refractivity contribution in [1.29, 1.82) is 0 Å². The molecule has 1 N–H and O–H groups in total. The molecule has 1 aliphatic rings. The van der Waals surface area contributed by atoms with Gasteiger partial charge in [0.25, 0.3) is 0 Å². The number of hydrogen-bond acceptors (Lipinski definition) is 2. The van der Waals surface area contributed by atoms with Gasteiger partial charge in [0.1, 0.15) is 11.3 Å². The van der Waals surface area contributed by atoms with Crippen molar-refractivity contribution in [3.63, 3.8) is 0 Å². The molecule has 0 atom stereocenters. The van der Waals surface area contributed by atoms with Crippen LogP contribution in [0.5, 0.6) is 0 Å². The second-order valence-corrected chi connectivity index (χ2v) is 7.41. The zero-order valence-corrected chi connectivity index (χ0v) is 14.0. The van der Waals surface area contributed by atoms with E-state index >= 15 is 0 Å². The van der Waals surface area contributed by atoms with E-state index in [2.05, 4.69) is 52.1 Å². The molecule has 0 amide bonds. The fourth-order valence-corrected chi connectivity index (χ4v) is 3.06. The molecule has 3 rings (SSSR count). The highest BCUT2D eigenvalue weighted by Crippen LogP contribution is 2.47. The zero-order valence-electron chi connectivity index (χ0n) is 14.0. The number of hydrogen-bond donors (Lipinski definition) is 1. The molecule has 0 unspecified atom stereocenters. The molecule has 1 heterocycles. The molecule has 2 heteroatoms. The van der Waals surface area contributed by atoms with E-state index in [1.54, 1.807) is 0 Å². The third-order valence-electron chi connectivity index (χ3n) is 4.48. The van der Waals surface area contributed by atoms with Gasteiger partial charge in [-0.3, -0.25) is 0 Å². The van der Waals surface area contributed by atoms with Crippen LogP contribution in [0.4, 0.5) is 0 Å². The summed E-state index contributed by atoms with van der Waals surface area (Å²) in [7, 11) is 0. The van der Waals surface area contributed by atoms with Crippen LogP contribution >= 0.6 is 0 Å². The van der Waals surface area contributed by atoms with Crippen LogP contribution in [0.15, 0.2) is 16.5 Å². The van der Waals surface area contributed by atoms with Gasteiger partial charge in [-0.1, -0.05) is 33.8 Å². The summed E-state index contributed by atoms with van der Waals surface area (Å²) in [4.78, 5) is 0. The monoisotopic (exact) mass is 285 g/mol. The molecular weight excluding hydrogens is 258 g/mol. The molecule has 1 aromatic heterocycles. The number of rotatable bonds is 4. The van der Waals surface area contributed by atoms with Gasteiger partial charge in [-0.05, 0) is 54.8 Å². The summed E-state index contributed by atoms with van der Waals surface area (Å²) >= 11 is 0. The van der Waals surface area contributed by atoms with E-state index < -0.39 is 0 Å². The lowest BCUT2D eigenvalue weighted by Crippen LogP contribution is -2.12. The van der Waals surface area contributed by atoms with Crippen LogP contribution in [0, 0.1) is 6.92 Å². The quantitative estimate of drug-likeness (QED) is 0.852. The maximum absolute atomic E-state index is 6.24. The minimum absolute atomic E-state index is 0.179.